The summed E-state index contributed by atoms with van der Waals surface area (Å²) in [6.45, 7) is 4.19. The first-order valence-electron chi connectivity index (χ1n) is 10.1. The van der Waals surface area contributed by atoms with Gasteiger partial charge in [-0.25, -0.2) is 4.39 Å². The lowest BCUT2D eigenvalue weighted by molar-refractivity contribution is -0.116. The molecule has 1 unspecified atom stereocenters. The summed E-state index contributed by atoms with van der Waals surface area (Å²) in [5.41, 5.74) is 9.82. The molecule has 1 aliphatic rings. The summed E-state index contributed by atoms with van der Waals surface area (Å²) in [5.74, 6) is -1.34. The molecule has 3 aromatic carbocycles. The molecule has 0 spiro atoms. The van der Waals surface area contributed by atoms with Gasteiger partial charge in [0, 0.05) is 28.4 Å². The van der Waals surface area contributed by atoms with Gasteiger partial charge in [-0.05, 0) is 41.3 Å². The normalized spacial score (nSPS) is 15.7. The number of aromatic amines is 1. The van der Waals surface area contributed by atoms with Crippen LogP contribution in [-0.2, 0) is 11.2 Å². The van der Waals surface area contributed by atoms with Gasteiger partial charge in [0.1, 0.15) is 5.82 Å². The number of aromatic nitrogens is 1. The Kier molecular flexibility index (Phi) is 4.45. The zero-order chi connectivity index (χ0) is 21.7. The second-order valence-electron chi connectivity index (χ2n) is 7.68. The maximum absolute atomic E-state index is 15.6. The van der Waals surface area contributed by atoms with Crippen LogP contribution in [-0.4, -0.2) is 23.2 Å². The number of hydrogen-bond donors (Lipinski definition) is 3. The minimum atomic E-state index is -0.696. The number of H-pyrrole nitrogens is 1. The number of halogens is 1. The number of para-hydroxylation sites is 1. The van der Waals surface area contributed by atoms with Crippen LogP contribution in [0.25, 0.3) is 32.9 Å². The van der Waals surface area contributed by atoms with Crippen molar-refractivity contribution in [1.82, 2.24) is 10.3 Å². The van der Waals surface area contributed by atoms with Crippen molar-refractivity contribution in [1.29, 1.82) is 0 Å². The van der Waals surface area contributed by atoms with Gasteiger partial charge in [0.2, 0.25) is 0 Å². The summed E-state index contributed by atoms with van der Waals surface area (Å²) < 4.78 is 15.6. The fraction of sp³-hybridized carbons (Fsp3) is 0.120. The summed E-state index contributed by atoms with van der Waals surface area (Å²) in [5, 5.41) is 4.64. The molecule has 1 aromatic heterocycles. The quantitative estimate of drug-likeness (QED) is 0.439. The molecule has 1 atom stereocenters. The first-order chi connectivity index (χ1) is 15.0. The average Bonchev–Trinajstić information content (AvgIpc) is 3.16. The van der Waals surface area contributed by atoms with Crippen molar-refractivity contribution in [2.24, 2.45) is 5.73 Å². The van der Waals surface area contributed by atoms with E-state index in [9.17, 15) is 9.59 Å². The summed E-state index contributed by atoms with van der Waals surface area (Å²) in [7, 11) is 0. The van der Waals surface area contributed by atoms with Crippen LogP contribution >= 0.6 is 0 Å². The number of amides is 1. The summed E-state index contributed by atoms with van der Waals surface area (Å²) in [6.07, 6.45) is 1.95. The first-order valence-corrected chi connectivity index (χ1v) is 10.1. The third-order valence-electron chi connectivity index (χ3n) is 6.00. The monoisotopic (exact) mass is 413 g/mol. The average molecular weight is 413 g/mol. The standard InChI is InChI=1S/C25H20FN3O2/c1-2-20(30)23-15-8-5-7-14(13(15)10-11-28-23)21-18(26)12-17(25(27)31)24-22(21)16-6-3-4-9-19(16)29-24/h2-9,12,23,28-29H,1,10-11H2,(H2,27,31). The molecule has 31 heavy (non-hydrogen) atoms. The predicted molar refractivity (Wildman–Crippen MR) is 119 cm³/mol. The highest BCUT2D eigenvalue weighted by molar-refractivity contribution is 6.20. The van der Waals surface area contributed by atoms with E-state index in [0.717, 1.165) is 22.0 Å². The Morgan fingerprint density at radius 3 is 2.74 bits per heavy atom. The Bertz CT molecular complexity index is 1400. The van der Waals surface area contributed by atoms with Crippen molar-refractivity contribution in [3.8, 4) is 11.1 Å². The molecule has 0 aliphatic carbocycles. The lowest BCUT2D eigenvalue weighted by Crippen LogP contribution is -2.34. The number of hydrogen-bond acceptors (Lipinski definition) is 3. The number of benzene rings is 3. The smallest absolute Gasteiger partial charge is 0.250 e. The number of primary amides is 1. The maximum atomic E-state index is 15.6. The van der Waals surface area contributed by atoms with Gasteiger partial charge >= 0.3 is 0 Å². The lowest BCUT2D eigenvalue weighted by atomic mass is 9.84. The molecule has 0 fully saturated rings. The van der Waals surface area contributed by atoms with Gasteiger partial charge in [0.15, 0.2) is 5.78 Å². The van der Waals surface area contributed by atoms with Crippen LogP contribution in [0.5, 0.6) is 0 Å². The number of rotatable bonds is 4. The zero-order valence-corrected chi connectivity index (χ0v) is 16.7. The number of fused-ring (bicyclic) bond motifs is 4. The zero-order valence-electron chi connectivity index (χ0n) is 16.7. The molecule has 6 heteroatoms. The minimum Gasteiger partial charge on any atom is -0.366 e. The van der Waals surface area contributed by atoms with Gasteiger partial charge < -0.3 is 16.0 Å². The van der Waals surface area contributed by atoms with E-state index in [-0.39, 0.29) is 11.3 Å². The van der Waals surface area contributed by atoms with E-state index in [1.165, 1.54) is 12.1 Å². The third-order valence-corrected chi connectivity index (χ3v) is 6.00. The van der Waals surface area contributed by atoms with Crippen molar-refractivity contribution >= 4 is 33.5 Å². The fourth-order valence-electron chi connectivity index (χ4n) is 4.66. The molecular formula is C25H20FN3O2. The molecule has 154 valence electrons. The van der Waals surface area contributed by atoms with Gasteiger partial charge in [0.25, 0.3) is 5.91 Å². The number of carbonyl (C=O) groups excluding carboxylic acids is 2. The highest BCUT2D eigenvalue weighted by Gasteiger charge is 2.28. The van der Waals surface area contributed by atoms with Gasteiger partial charge in [-0.2, -0.15) is 0 Å². The molecule has 0 saturated heterocycles. The van der Waals surface area contributed by atoms with E-state index >= 15 is 4.39 Å². The van der Waals surface area contributed by atoms with Gasteiger partial charge in [-0.1, -0.05) is 43.0 Å². The van der Waals surface area contributed by atoms with E-state index < -0.39 is 17.8 Å². The van der Waals surface area contributed by atoms with Gasteiger partial charge in [-0.3, -0.25) is 9.59 Å². The molecular weight excluding hydrogens is 393 g/mol. The molecule has 2 heterocycles. The highest BCUT2D eigenvalue weighted by atomic mass is 19.1. The largest absolute Gasteiger partial charge is 0.366 e. The van der Waals surface area contributed by atoms with Crippen molar-refractivity contribution in [3.63, 3.8) is 0 Å². The van der Waals surface area contributed by atoms with Crippen LogP contribution in [0.3, 0.4) is 0 Å². The van der Waals surface area contributed by atoms with Crippen molar-refractivity contribution in [2.45, 2.75) is 12.5 Å². The lowest BCUT2D eigenvalue weighted by Gasteiger charge is -2.27. The van der Waals surface area contributed by atoms with Crippen molar-refractivity contribution in [3.05, 3.63) is 83.7 Å². The number of nitrogens with one attached hydrogen (secondary N) is 2. The molecule has 4 aromatic rings. The molecule has 0 saturated carbocycles. The van der Waals surface area contributed by atoms with Crippen LogP contribution < -0.4 is 11.1 Å². The van der Waals surface area contributed by atoms with Crippen LogP contribution in [0.2, 0.25) is 0 Å². The molecule has 0 radical (unpaired) electrons. The third kappa shape index (κ3) is 2.87. The van der Waals surface area contributed by atoms with Crippen LogP contribution in [0.4, 0.5) is 4.39 Å². The van der Waals surface area contributed by atoms with E-state index in [4.69, 9.17) is 5.73 Å². The summed E-state index contributed by atoms with van der Waals surface area (Å²) >= 11 is 0. The maximum Gasteiger partial charge on any atom is 0.250 e. The molecule has 4 N–H and O–H groups in total. The SMILES string of the molecule is C=CC(=O)C1NCCc2c(-c3c(F)cc(C(N)=O)c4[nH]c5ccccc5c34)cccc21. The molecule has 5 nitrogen and oxygen atoms in total. The van der Waals surface area contributed by atoms with Crippen LogP contribution in [0, 0.1) is 5.82 Å². The summed E-state index contributed by atoms with van der Waals surface area (Å²) in [4.78, 5) is 27.7. The molecule has 0 bridgehead atoms. The van der Waals surface area contributed by atoms with E-state index in [1.807, 2.05) is 42.5 Å². The predicted octanol–water partition coefficient (Wildman–Crippen LogP) is 4.17. The van der Waals surface area contributed by atoms with Crippen molar-refractivity contribution in [2.75, 3.05) is 6.54 Å². The van der Waals surface area contributed by atoms with E-state index in [2.05, 4.69) is 16.9 Å². The van der Waals surface area contributed by atoms with Crippen LogP contribution in [0.15, 0.2) is 61.2 Å². The Labute approximate surface area is 177 Å². The Morgan fingerprint density at radius 2 is 1.97 bits per heavy atom. The number of nitrogens with two attached hydrogens (primary N) is 1. The molecule has 5 rings (SSSR count). The second kappa shape index (κ2) is 7.18. The van der Waals surface area contributed by atoms with Gasteiger partial charge in [0.05, 0.1) is 17.1 Å². The van der Waals surface area contributed by atoms with Crippen LogP contribution in [0.1, 0.15) is 27.5 Å². The Morgan fingerprint density at radius 1 is 1.16 bits per heavy atom. The first kappa shape index (κ1) is 19.2. The van der Waals surface area contributed by atoms with Crippen molar-refractivity contribution < 1.29 is 14.0 Å². The highest BCUT2D eigenvalue weighted by Crippen LogP contribution is 2.41. The Balaban J connectivity index is 1.88. The Hall–Kier alpha value is -3.77. The summed E-state index contributed by atoms with van der Waals surface area (Å²) in [6, 6.07) is 13.8. The fourth-order valence-corrected chi connectivity index (χ4v) is 4.66. The van der Waals surface area contributed by atoms with Gasteiger partial charge in [-0.15, -0.1) is 0 Å². The topological polar surface area (TPSA) is 88.0 Å². The van der Waals surface area contributed by atoms with E-state index in [0.29, 0.717) is 35.0 Å². The number of carbonyl (C=O) groups is 2. The second-order valence-corrected chi connectivity index (χ2v) is 7.68. The number of ketones is 1. The minimum absolute atomic E-state index is 0.110. The van der Waals surface area contributed by atoms with E-state index in [1.54, 1.807) is 0 Å². The molecule has 1 amide bonds. The molecule has 1 aliphatic heterocycles.